The highest BCUT2D eigenvalue weighted by atomic mass is 19.4. The van der Waals surface area contributed by atoms with Crippen molar-refractivity contribution in [2.45, 2.75) is 57.3 Å². The van der Waals surface area contributed by atoms with Crippen molar-refractivity contribution in [3.05, 3.63) is 70.8 Å². The molecule has 2 bridgehead atoms. The Balaban J connectivity index is 1.52. The molecule has 1 unspecified atom stereocenters. The van der Waals surface area contributed by atoms with Gasteiger partial charge in [-0.15, -0.1) is 0 Å². The second kappa shape index (κ2) is 8.65. The molecule has 4 aromatic rings. The number of halogens is 6. The van der Waals surface area contributed by atoms with Crippen LogP contribution < -0.4 is 10.1 Å². The first-order valence-corrected chi connectivity index (χ1v) is 12.0. The molecule has 6 rings (SSSR count). The van der Waals surface area contributed by atoms with E-state index < -0.39 is 47.6 Å². The molecule has 2 aliphatic rings. The van der Waals surface area contributed by atoms with Gasteiger partial charge in [-0.3, -0.25) is 0 Å². The van der Waals surface area contributed by atoms with Crippen LogP contribution in [0.2, 0.25) is 0 Å². The van der Waals surface area contributed by atoms with Crippen LogP contribution in [0.5, 0.6) is 5.75 Å². The molecule has 2 aromatic carbocycles. The van der Waals surface area contributed by atoms with Crippen LogP contribution in [-0.4, -0.2) is 31.2 Å². The number of alkyl halides is 5. The van der Waals surface area contributed by atoms with Gasteiger partial charge in [0.05, 0.1) is 28.7 Å². The van der Waals surface area contributed by atoms with E-state index in [1.54, 1.807) is 4.57 Å². The quantitative estimate of drug-likeness (QED) is 0.322. The van der Waals surface area contributed by atoms with Crippen molar-refractivity contribution in [2.75, 3.05) is 0 Å². The number of imidazole rings is 1. The summed E-state index contributed by atoms with van der Waals surface area (Å²) in [6.07, 6.45) is -1.69. The summed E-state index contributed by atoms with van der Waals surface area (Å²) in [7, 11) is 0. The third-order valence-electron chi connectivity index (χ3n) is 7.04. The van der Waals surface area contributed by atoms with E-state index in [0.717, 1.165) is 6.07 Å². The summed E-state index contributed by atoms with van der Waals surface area (Å²) >= 11 is 0. The van der Waals surface area contributed by atoms with Crippen LogP contribution in [-0.2, 0) is 18.3 Å². The fraction of sp³-hybridized carbons (Fsp3) is 0.346. The van der Waals surface area contributed by atoms with Crippen molar-refractivity contribution in [1.82, 2.24) is 24.8 Å². The largest absolute Gasteiger partial charge is 0.434 e. The van der Waals surface area contributed by atoms with Crippen molar-refractivity contribution >= 4 is 11.0 Å². The maximum absolute atomic E-state index is 15.2. The Morgan fingerprint density at radius 1 is 1.10 bits per heavy atom. The van der Waals surface area contributed by atoms with Crippen LogP contribution in [0.4, 0.5) is 26.3 Å². The maximum atomic E-state index is 15.2. The van der Waals surface area contributed by atoms with Crippen molar-refractivity contribution < 1.29 is 36.2 Å². The summed E-state index contributed by atoms with van der Waals surface area (Å²) < 4.78 is 88.9. The zero-order chi connectivity index (χ0) is 27.9. The molecule has 2 N–H and O–H groups in total. The van der Waals surface area contributed by atoms with E-state index in [1.807, 2.05) is 0 Å². The molecule has 0 amide bonds. The highest BCUT2D eigenvalue weighted by Crippen LogP contribution is 2.49. The summed E-state index contributed by atoms with van der Waals surface area (Å²) in [5.41, 5.74) is -0.804. The number of benzene rings is 2. The molecule has 39 heavy (non-hydrogen) atoms. The third kappa shape index (κ3) is 4.29. The Morgan fingerprint density at radius 3 is 2.46 bits per heavy atom. The molecule has 204 valence electrons. The van der Waals surface area contributed by atoms with E-state index in [-0.39, 0.29) is 29.1 Å². The first-order valence-electron chi connectivity index (χ1n) is 12.0. The molecule has 0 saturated heterocycles. The molecule has 2 aliphatic heterocycles. The number of rotatable bonds is 4. The average molecular weight is 549 g/mol. The molecule has 0 saturated carbocycles. The van der Waals surface area contributed by atoms with Gasteiger partial charge in [0.2, 0.25) is 0 Å². The Kier molecular flexibility index (Phi) is 5.67. The van der Waals surface area contributed by atoms with Gasteiger partial charge in [0, 0.05) is 41.7 Å². The first kappa shape index (κ1) is 25.6. The van der Waals surface area contributed by atoms with Gasteiger partial charge in [0.25, 0.3) is 0 Å². The molecule has 0 aliphatic carbocycles. The van der Waals surface area contributed by atoms with Crippen LogP contribution in [0, 0.1) is 5.82 Å². The maximum Gasteiger partial charge on any atom is 0.416 e. The Hall–Kier alpha value is -3.71. The summed E-state index contributed by atoms with van der Waals surface area (Å²) in [5.74, 6) is -0.508. The van der Waals surface area contributed by atoms with Crippen LogP contribution in [0.25, 0.3) is 22.2 Å². The zero-order valence-electron chi connectivity index (χ0n) is 20.5. The van der Waals surface area contributed by atoms with Gasteiger partial charge in [-0.25, -0.2) is 19.3 Å². The average Bonchev–Trinajstić information content (AvgIpc) is 3.29. The van der Waals surface area contributed by atoms with Crippen LogP contribution >= 0.6 is 0 Å². The lowest BCUT2D eigenvalue weighted by atomic mass is 9.95. The summed E-state index contributed by atoms with van der Waals surface area (Å²) in [6.45, 7) is -0.327. The number of hydrogen-bond acceptors (Lipinski definition) is 6. The fourth-order valence-electron chi connectivity index (χ4n) is 5.37. The molecule has 13 heteroatoms. The van der Waals surface area contributed by atoms with Gasteiger partial charge < -0.3 is 19.7 Å². The zero-order valence-corrected chi connectivity index (χ0v) is 20.5. The summed E-state index contributed by atoms with van der Waals surface area (Å²) in [5, 5.41) is 13.3. The highest BCUT2D eigenvalue weighted by Gasteiger charge is 2.42. The normalized spacial score (nSPS) is 18.8. The van der Waals surface area contributed by atoms with Crippen molar-refractivity contribution in [3.8, 4) is 16.9 Å². The second-order valence-corrected chi connectivity index (χ2v) is 10.1. The predicted octanol–water partition coefficient (Wildman–Crippen LogP) is 5.62. The molecule has 7 nitrogen and oxygen atoms in total. The number of aliphatic hydroxyl groups is 1. The van der Waals surface area contributed by atoms with Gasteiger partial charge in [-0.2, -0.15) is 22.0 Å². The number of aromatic nitrogens is 4. The number of fused-ring (bicyclic) bond motifs is 9. The van der Waals surface area contributed by atoms with E-state index in [2.05, 4.69) is 25.0 Å². The van der Waals surface area contributed by atoms with E-state index >= 15 is 4.39 Å². The predicted molar refractivity (Wildman–Crippen MR) is 126 cm³/mol. The van der Waals surface area contributed by atoms with E-state index in [0.29, 0.717) is 34.9 Å². The number of nitrogens with zero attached hydrogens (tertiary/aromatic N) is 4. The van der Waals surface area contributed by atoms with E-state index in [9.17, 15) is 27.1 Å². The van der Waals surface area contributed by atoms with Crippen LogP contribution in [0.1, 0.15) is 60.7 Å². The summed E-state index contributed by atoms with van der Waals surface area (Å²) in [4.78, 5) is 12.8. The van der Waals surface area contributed by atoms with Gasteiger partial charge in [0.1, 0.15) is 23.0 Å². The highest BCUT2D eigenvalue weighted by molar-refractivity contribution is 5.83. The Labute approximate surface area is 217 Å². The topological polar surface area (TPSA) is 85.1 Å². The number of hydrogen-bond donors (Lipinski definition) is 2. The molecule has 2 atom stereocenters. The van der Waals surface area contributed by atoms with Crippen molar-refractivity contribution in [1.29, 1.82) is 0 Å². The Bertz CT molecular complexity index is 1590. The minimum atomic E-state index is -4.76. The van der Waals surface area contributed by atoms with Crippen LogP contribution in [0.3, 0.4) is 0 Å². The standard InChI is InChI=1S/C26H21F6N5O2/c1-25(2,38)23-34-9-12(10-35-23)14-5-18-16(6-15(14)27)36-22-17-7-19(37(18)22)21-11(8-33-17)3-13(26(30,31)32)4-20(21)39-24(28)29/h3-6,9-10,17,19,24,33,38H,7-8H2,1-2H3/t17-,19?/m1/s1. The SMILES string of the molecule is CC(C)(O)c1ncc(-c2cc3c(cc2F)nc2n3C3C[C@H]2NCc2cc(C(F)(F)F)cc(OC(F)F)c23)cn1. The molecular weight excluding hydrogens is 528 g/mol. The molecule has 0 spiro atoms. The van der Waals surface area contributed by atoms with Crippen LogP contribution in [0.15, 0.2) is 36.7 Å². The van der Waals surface area contributed by atoms with Gasteiger partial charge in [-0.1, -0.05) is 0 Å². The lowest BCUT2D eigenvalue weighted by Crippen LogP contribution is -2.21. The lowest BCUT2D eigenvalue weighted by Gasteiger charge is -2.23. The molecule has 0 radical (unpaired) electrons. The summed E-state index contributed by atoms with van der Waals surface area (Å²) in [6, 6.07) is 3.18. The fourth-order valence-corrected chi connectivity index (χ4v) is 5.37. The lowest BCUT2D eigenvalue weighted by molar-refractivity contribution is -0.138. The minimum absolute atomic E-state index is 0.0201. The monoisotopic (exact) mass is 549 g/mol. The minimum Gasteiger partial charge on any atom is -0.434 e. The first-order chi connectivity index (χ1) is 18.3. The molecule has 2 aromatic heterocycles. The second-order valence-electron chi connectivity index (χ2n) is 10.1. The molecule has 0 fully saturated rings. The van der Waals surface area contributed by atoms with E-state index in [1.165, 1.54) is 38.4 Å². The number of ether oxygens (including phenoxy) is 1. The molecule has 4 heterocycles. The molecular formula is C26H21F6N5O2. The van der Waals surface area contributed by atoms with Gasteiger partial charge in [-0.05, 0) is 44.0 Å². The van der Waals surface area contributed by atoms with Gasteiger partial charge >= 0.3 is 12.8 Å². The third-order valence-corrected chi connectivity index (χ3v) is 7.04. The Morgan fingerprint density at radius 2 is 1.82 bits per heavy atom. The van der Waals surface area contributed by atoms with E-state index in [4.69, 9.17) is 0 Å². The number of nitrogens with one attached hydrogen (secondary N) is 1. The van der Waals surface area contributed by atoms with Crippen molar-refractivity contribution in [2.24, 2.45) is 0 Å². The smallest absolute Gasteiger partial charge is 0.416 e. The van der Waals surface area contributed by atoms with Gasteiger partial charge in [0.15, 0.2) is 5.82 Å². The van der Waals surface area contributed by atoms with Crippen molar-refractivity contribution in [3.63, 3.8) is 0 Å².